The van der Waals surface area contributed by atoms with Crippen LogP contribution in [0.4, 0.5) is 11.4 Å². The molecule has 0 spiro atoms. The zero-order valence-electron chi connectivity index (χ0n) is 15.9. The first kappa shape index (κ1) is 20.8. The Bertz CT molecular complexity index is 1350. The predicted octanol–water partition coefficient (Wildman–Crippen LogP) is 5.14. The first-order valence-electron chi connectivity index (χ1n) is 9.02. The molecule has 1 aromatic heterocycles. The van der Waals surface area contributed by atoms with Gasteiger partial charge in [-0.1, -0.05) is 30.3 Å². The van der Waals surface area contributed by atoms with Gasteiger partial charge in [-0.25, -0.2) is 0 Å². The molecule has 3 aromatic carbocycles. The average molecular weight is 457 g/mol. The summed E-state index contributed by atoms with van der Waals surface area (Å²) in [5.41, 5.74) is 1.31. The Labute approximate surface area is 181 Å². The van der Waals surface area contributed by atoms with Crippen molar-refractivity contribution in [1.29, 1.82) is 0 Å². The highest BCUT2D eigenvalue weighted by molar-refractivity contribution is 7.98. The SMILES string of the molecule is O=[N+]([O-])c1cccc(CSc2ccc(O)cc2NS(=O)(=O)c2cc3ccccc3o2)c1. The minimum atomic E-state index is -4.05. The standard InChI is InChI=1S/C21H16N2O6S2/c24-17-8-9-20(30-13-14-4-3-6-16(10-14)23(25)26)18(12-17)22-31(27,28)21-11-15-5-1-2-7-19(15)29-21/h1-12,22,24H,13H2. The van der Waals surface area contributed by atoms with E-state index in [1.165, 1.54) is 42.1 Å². The summed E-state index contributed by atoms with van der Waals surface area (Å²) in [7, 11) is -4.05. The van der Waals surface area contributed by atoms with E-state index in [0.717, 1.165) is 0 Å². The fourth-order valence-electron chi connectivity index (χ4n) is 2.93. The number of nitrogens with one attached hydrogen (secondary N) is 1. The van der Waals surface area contributed by atoms with Gasteiger partial charge < -0.3 is 9.52 Å². The molecule has 0 aliphatic heterocycles. The summed E-state index contributed by atoms with van der Waals surface area (Å²) in [6, 6.07) is 18.9. The lowest BCUT2D eigenvalue weighted by molar-refractivity contribution is -0.384. The van der Waals surface area contributed by atoms with E-state index < -0.39 is 14.9 Å². The van der Waals surface area contributed by atoms with Crippen molar-refractivity contribution in [1.82, 2.24) is 0 Å². The van der Waals surface area contributed by atoms with Crippen molar-refractivity contribution in [3.8, 4) is 5.75 Å². The van der Waals surface area contributed by atoms with E-state index in [2.05, 4.69) is 4.72 Å². The summed E-state index contributed by atoms with van der Waals surface area (Å²) < 4.78 is 33.6. The van der Waals surface area contributed by atoms with Crippen LogP contribution in [-0.2, 0) is 15.8 Å². The van der Waals surface area contributed by atoms with E-state index in [0.29, 0.717) is 27.2 Å². The largest absolute Gasteiger partial charge is 0.508 e. The summed E-state index contributed by atoms with van der Waals surface area (Å²) in [6.07, 6.45) is 0. The summed E-state index contributed by atoms with van der Waals surface area (Å²) in [5, 5.41) is 21.2. The van der Waals surface area contributed by atoms with Crippen LogP contribution in [0.1, 0.15) is 5.56 Å². The maximum Gasteiger partial charge on any atom is 0.295 e. The van der Waals surface area contributed by atoms with Crippen molar-refractivity contribution in [2.24, 2.45) is 0 Å². The smallest absolute Gasteiger partial charge is 0.295 e. The van der Waals surface area contributed by atoms with Gasteiger partial charge in [0.15, 0.2) is 0 Å². The van der Waals surface area contributed by atoms with Crippen molar-refractivity contribution in [3.63, 3.8) is 0 Å². The number of fused-ring (bicyclic) bond motifs is 1. The number of hydrogen-bond acceptors (Lipinski definition) is 7. The molecule has 0 bridgehead atoms. The van der Waals surface area contributed by atoms with Gasteiger partial charge in [0.2, 0.25) is 5.09 Å². The number of hydrogen-bond donors (Lipinski definition) is 2. The number of non-ortho nitro benzene ring substituents is 1. The van der Waals surface area contributed by atoms with Crippen molar-refractivity contribution < 1.29 is 22.9 Å². The zero-order valence-corrected chi connectivity index (χ0v) is 17.5. The quantitative estimate of drug-likeness (QED) is 0.224. The molecule has 10 heteroatoms. The number of aromatic hydroxyl groups is 1. The zero-order chi connectivity index (χ0) is 22.0. The first-order valence-corrected chi connectivity index (χ1v) is 11.5. The number of phenolic OH excluding ortho intramolecular Hbond substituents is 1. The molecule has 31 heavy (non-hydrogen) atoms. The van der Waals surface area contributed by atoms with Gasteiger partial charge in [-0.3, -0.25) is 14.8 Å². The molecule has 158 valence electrons. The van der Waals surface area contributed by atoms with Crippen LogP contribution >= 0.6 is 11.8 Å². The molecule has 0 aliphatic carbocycles. The van der Waals surface area contributed by atoms with Gasteiger partial charge in [0.25, 0.3) is 15.7 Å². The second-order valence-corrected chi connectivity index (χ2v) is 9.24. The molecule has 0 amide bonds. The molecule has 4 rings (SSSR count). The maximum atomic E-state index is 12.9. The second kappa shape index (κ2) is 8.32. The number of sulfonamides is 1. The number of nitro benzene ring substituents is 1. The summed E-state index contributed by atoms with van der Waals surface area (Å²) in [6.45, 7) is 0. The number of benzene rings is 3. The van der Waals surface area contributed by atoms with Crippen LogP contribution in [-0.4, -0.2) is 18.4 Å². The van der Waals surface area contributed by atoms with Crippen LogP contribution in [0.3, 0.4) is 0 Å². The van der Waals surface area contributed by atoms with Gasteiger partial charge in [0.1, 0.15) is 11.3 Å². The number of rotatable bonds is 7. The first-order chi connectivity index (χ1) is 14.8. The van der Waals surface area contributed by atoms with Gasteiger partial charge in [-0.15, -0.1) is 11.8 Å². The molecule has 0 saturated carbocycles. The Morgan fingerprint density at radius 3 is 2.61 bits per heavy atom. The number of phenols is 1. The third kappa shape index (κ3) is 4.65. The van der Waals surface area contributed by atoms with E-state index in [9.17, 15) is 23.6 Å². The maximum absolute atomic E-state index is 12.9. The Kier molecular flexibility index (Phi) is 5.57. The number of thioether (sulfide) groups is 1. The van der Waals surface area contributed by atoms with Crippen LogP contribution < -0.4 is 4.72 Å². The van der Waals surface area contributed by atoms with Gasteiger partial charge in [0.05, 0.1) is 10.6 Å². The summed E-state index contributed by atoms with van der Waals surface area (Å²) >= 11 is 1.28. The Hall–Kier alpha value is -3.50. The van der Waals surface area contributed by atoms with E-state index >= 15 is 0 Å². The topological polar surface area (TPSA) is 123 Å². The van der Waals surface area contributed by atoms with Gasteiger partial charge in [-0.2, -0.15) is 8.42 Å². The van der Waals surface area contributed by atoms with Gasteiger partial charge >= 0.3 is 0 Å². The normalized spacial score (nSPS) is 11.5. The number of anilines is 1. The Morgan fingerprint density at radius 2 is 1.84 bits per heavy atom. The lowest BCUT2D eigenvalue weighted by Gasteiger charge is -2.12. The van der Waals surface area contributed by atoms with Gasteiger partial charge in [-0.05, 0) is 23.8 Å². The van der Waals surface area contributed by atoms with Crippen LogP contribution in [0.5, 0.6) is 5.75 Å². The van der Waals surface area contributed by atoms with E-state index in [1.54, 1.807) is 42.5 Å². The molecule has 0 aliphatic rings. The lowest BCUT2D eigenvalue weighted by Crippen LogP contribution is -2.12. The van der Waals surface area contributed by atoms with Crippen molar-refractivity contribution >= 4 is 44.1 Å². The number of para-hydroxylation sites is 1. The highest BCUT2D eigenvalue weighted by Crippen LogP contribution is 2.35. The molecule has 0 unspecified atom stereocenters. The van der Waals surface area contributed by atoms with Crippen LogP contribution in [0.25, 0.3) is 11.0 Å². The average Bonchev–Trinajstić information content (AvgIpc) is 3.18. The third-order valence-corrected chi connectivity index (χ3v) is 6.76. The monoisotopic (exact) mass is 456 g/mol. The van der Waals surface area contributed by atoms with E-state index in [-0.39, 0.29) is 22.2 Å². The Balaban J connectivity index is 1.59. The molecule has 0 radical (unpaired) electrons. The summed E-state index contributed by atoms with van der Waals surface area (Å²) in [4.78, 5) is 11.0. The molecule has 8 nitrogen and oxygen atoms in total. The molecule has 4 aromatic rings. The molecule has 2 N–H and O–H groups in total. The molecule has 1 heterocycles. The fourth-order valence-corrected chi connectivity index (χ4v) is 4.97. The van der Waals surface area contributed by atoms with Crippen LogP contribution in [0.2, 0.25) is 0 Å². The van der Waals surface area contributed by atoms with Crippen molar-refractivity contribution in [3.05, 3.63) is 88.5 Å². The van der Waals surface area contributed by atoms with Crippen LogP contribution in [0.15, 0.2) is 87.2 Å². The molecule has 0 atom stereocenters. The lowest BCUT2D eigenvalue weighted by atomic mass is 10.2. The van der Waals surface area contributed by atoms with Crippen LogP contribution in [0, 0.1) is 10.1 Å². The minimum Gasteiger partial charge on any atom is -0.508 e. The van der Waals surface area contributed by atoms with E-state index in [4.69, 9.17) is 4.42 Å². The number of furan rings is 1. The number of nitrogens with zero attached hydrogens (tertiary/aromatic N) is 1. The predicted molar refractivity (Wildman–Crippen MR) is 118 cm³/mol. The molecular formula is C21H16N2O6S2. The van der Waals surface area contributed by atoms with Crippen molar-refractivity contribution in [2.75, 3.05) is 4.72 Å². The number of nitro groups is 1. The third-order valence-electron chi connectivity index (χ3n) is 4.39. The summed E-state index contributed by atoms with van der Waals surface area (Å²) in [5.74, 6) is 0.258. The second-order valence-electron chi connectivity index (χ2n) is 6.60. The van der Waals surface area contributed by atoms with Gasteiger partial charge in [0, 0.05) is 40.3 Å². The van der Waals surface area contributed by atoms with Crippen molar-refractivity contribution in [2.45, 2.75) is 15.7 Å². The Morgan fingerprint density at radius 1 is 1.03 bits per heavy atom. The molecule has 0 saturated heterocycles. The molecule has 0 fully saturated rings. The fraction of sp³-hybridized carbons (Fsp3) is 0.0476. The highest BCUT2D eigenvalue weighted by atomic mass is 32.2. The highest BCUT2D eigenvalue weighted by Gasteiger charge is 2.21. The minimum absolute atomic E-state index is 0.0189. The molecular weight excluding hydrogens is 440 g/mol. The van der Waals surface area contributed by atoms with E-state index in [1.807, 2.05) is 0 Å².